The number of nitrogens with two attached hydrogens (primary N) is 1. The Morgan fingerprint density at radius 1 is 1.10 bits per heavy atom. The molecule has 1 aromatic heterocycles. The highest BCUT2D eigenvalue weighted by Crippen LogP contribution is 2.22. The Morgan fingerprint density at radius 3 is 2.52 bits per heavy atom. The molecule has 162 valence electrons. The number of aryl methyl sites for hydroxylation is 1. The van der Waals surface area contributed by atoms with Crippen molar-refractivity contribution in [2.75, 3.05) is 23.5 Å². The molecule has 0 bridgehead atoms. The predicted molar refractivity (Wildman–Crippen MR) is 123 cm³/mol. The molecular formula is C22H26N6O2S. The van der Waals surface area contributed by atoms with Gasteiger partial charge in [-0.2, -0.15) is 0 Å². The van der Waals surface area contributed by atoms with Gasteiger partial charge in [0, 0.05) is 12.1 Å². The number of nitrogens with one attached hydrogen (secondary N) is 2. The molecule has 0 radical (unpaired) electrons. The van der Waals surface area contributed by atoms with Crippen molar-refractivity contribution in [3.63, 3.8) is 0 Å². The molecule has 0 aliphatic carbocycles. The van der Waals surface area contributed by atoms with Crippen molar-refractivity contribution in [1.82, 2.24) is 20.2 Å². The van der Waals surface area contributed by atoms with Crippen molar-refractivity contribution in [3.05, 3.63) is 59.7 Å². The average molecular weight is 439 g/mol. The van der Waals surface area contributed by atoms with Gasteiger partial charge in [-0.05, 0) is 25.0 Å². The van der Waals surface area contributed by atoms with Crippen LogP contribution in [-0.2, 0) is 4.79 Å². The van der Waals surface area contributed by atoms with Crippen LogP contribution in [0.4, 0.5) is 5.69 Å². The highest BCUT2D eigenvalue weighted by molar-refractivity contribution is 7.99. The topological polar surface area (TPSA) is 115 Å². The summed E-state index contributed by atoms with van der Waals surface area (Å²) in [5.74, 6) is 6.56. The minimum atomic E-state index is -0.269. The Kier molecular flexibility index (Phi) is 7.30. The SMILES string of the molecule is Cc1ccc(-c2nnc(SCC(=O)Nc3ccccc3C(=O)NCC(C)C)n2N)cc1. The summed E-state index contributed by atoms with van der Waals surface area (Å²) < 4.78 is 1.37. The van der Waals surface area contributed by atoms with Crippen LogP contribution in [0.2, 0.25) is 0 Å². The van der Waals surface area contributed by atoms with Gasteiger partial charge in [0.1, 0.15) is 0 Å². The van der Waals surface area contributed by atoms with E-state index >= 15 is 0 Å². The van der Waals surface area contributed by atoms with Crippen molar-refractivity contribution in [2.45, 2.75) is 25.9 Å². The summed E-state index contributed by atoms with van der Waals surface area (Å²) in [5.41, 5.74) is 2.86. The van der Waals surface area contributed by atoms with E-state index in [0.29, 0.717) is 34.7 Å². The second kappa shape index (κ2) is 10.1. The lowest BCUT2D eigenvalue weighted by molar-refractivity contribution is -0.113. The first-order chi connectivity index (χ1) is 14.8. The molecule has 0 saturated heterocycles. The summed E-state index contributed by atoms with van der Waals surface area (Å²) in [6, 6.07) is 14.7. The fourth-order valence-electron chi connectivity index (χ4n) is 2.77. The number of hydrogen-bond acceptors (Lipinski definition) is 6. The predicted octanol–water partition coefficient (Wildman–Crippen LogP) is 3.08. The second-order valence-electron chi connectivity index (χ2n) is 7.53. The van der Waals surface area contributed by atoms with Crippen molar-refractivity contribution < 1.29 is 9.59 Å². The van der Waals surface area contributed by atoms with Crippen LogP contribution >= 0.6 is 11.8 Å². The molecule has 0 saturated carbocycles. The molecule has 2 aromatic carbocycles. The van der Waals surface area contributed by atoms with Crippen LogP contribution in [0.5, 0.6) is 0 Å². The number of nitrogens with zero attached hydrogens (tertiary/aromatic N) is 3. The highest BCUT2D eigenvalue weighted by atomic mass is 32.2. The number of anilines is 1. The molecular weight excluding hydrogens is 412 g/mol. The molecule has 1 heterocycles. The van der Waals surface area contributed by atoms with E-state index in [0.717, 1.165) is 11.1 Å². The Labute approximate surface area is 185 Å². The Balaban J connectivity index is 1.63. The van der Waals surface area contributed by atoms with Crippen LogP contribution in [0, 0.1) is 12.8 Å². The minimum Gasteiger partial charge on any atom is -0.352 e. The lowest BCUT2D eigenvalue weighted by atomic mass is 10.1. The quantitative estimate of drug-likeness (QED) is 0.368. The lowest BCUT2D eigenvalue weighted by Crippen LogP contribution is -2.28. The standard InChI is InChI=1S/C22H26N6O2S/c1-14(2)12-24-21(30)17-6-4-5-7-18(17)25-19(29)13-31-22-27-26-20(28(22)23)16-10-8-15(3)9-11-16/h4-11,14H,12-13,23H2,1-3H3,(H,24,30)(H,25,29). The number of carbonyl (C=O) groups excluding carboxylic acids is 2. The van der Waals surface area contributed by atoms with E-state index in [1.165, 1.54) is 16.4 Å². The number of amides is 2. The van der Waals surface area contributed by atoms with Gasteiger partial charge in [-0.3, -0.25) is 9.59 Å². The maximum Gasteiger partial charge on any atom is 0.253 e. The number of thioether (sulfide) groups is 1. The molecule has 0 aliphatic heterocycles. The Morgan fingerprint density at radius 2 is 1.81 bits per heavy atom. The van der Waals surface area contributed by atoms with Crippen LogP contribution < -0.4 is 16.5 Å². The Bertz CT molecular complexity index is 1060. The monoisotopic (exact) mass is 438 g/mol. The molecule has 0 unspecified atom stereocenters. The van der Waals surface area contributed by atoms with Crippen LogP contribution in [-0.4, -0.2) is 39.0 Å². The molecule has 0 fully saturated rings. The maximum absolute atomic E-state index is 12.5. The molecule has 3 rings (SSSR count). The van der Waals surface area contributed by atoms with E-state index in [-0.39, 0.29) is 17.6 Å². The number of para-hydroxylation sites is 1. The average Bonchev–Trinajstić information content (AvgIpc) is 3.12. The van der Waals surface area contributed by atoms with Gasteiger partial charge < -0.3 is 16.5 Å². The van der Waals surface area contributed by atoms with Gasteiger partial charge in [-0.25, -0.2) is 4.68 Å². The van der Waals surface area contributed by atoms with Gasteiger partial charge in [0.2, 0.25) is 11.1 Å². The summed E-state index contributed by atoms with van der Waals surface area (Å²) in [6.45, 7) is 6.60. The second-order valence-corrected chi connectivity index (χ2v) is 8.47. The number of aromatic nitrogens is 3. The molecule has 9 heteroatoms. The lowest BCUT2D eigenvalue weighted by Gasteiger charge is -2.12. The molecule has 31 heavy (non-hydrogen) atoms. The minimum absolute atomic E-state index is 0.0746. The van der Waals surface area contributed by atoms with Crippen LogP contribution in [0.25, 0.3) is 11.4 Å². The maximum atomic E-state index is 12.5. The van der Waals surface area contributed by atoms with Gasteiger partial charge >= 0.3 is 0 Å². The molecule has 2 amide bonds. The molecule has 8 nitrogen and oxygen atoms in total. The van der Waals surface area contributed by atoms with E-state index in [4.69, 9.17) is 5.84 Å². The molecule has 0 aliphatic rings. The van der Waals surface area contributed by atoms with Crippen LogP contribution in [0.1, 0.15) is 29.8 Å². The largest absolute Gasteiger partial charge is 0.352 e. The fourth-order valence-corrected chi connectivity index (χ4v) is 3.43. The fraction of sp³-hybridized carbons (Fsp3) is 0.273. The summed E-state index contributed by atoms with van der Waals surface area (Å²) in [6.07, 6.45) is 0. The number of carbonyl (C=O) groups is 2. The summed E-state index contributed by atoms with van der Waals surface area (Å²) in [4.78, 5) is 24.9. The van der Waals surface area contributed by atoms with Gasteiger partial charge in [0.15, 0.2) is 5.82 Å². The molecule has 3 aromatic rings. The number of hydrogen-bond donors (Lipinski definition) is 3. The van der Waals surface area contributed by atoms with Crippen LogP contribution in [0.3, 0.4) is 0 Å². The third-order valence-electron chi connectivity index (χ3n) is 4.42. The van der Waals surface area contributed by atoms with Crippen molar-refractivity contribution in [3.8, 4) is 11.4 Å². The normalized spacial score (nSPS) is 10.8. The third-order valence-corrected chi connectivity index (χ3v) is 5.37. The van der Waals surface area contributed by atoms with Gasteiger partial charge in [0.25, 0.3) is 5.91 Å². The van der Waals surface area contributed by atoms with Gasteiger partial charge in [-0.15, -0.1) is 10.2 Å². The van der Waals surface area contributed by atoms with E-state index in [2.05, 4.69) is 20.8 Å². The van der Waals surface area contributed by atoms with E-state index in [1.54, 1.807) is 24.3 Å². The first kappa shape index (κ1) is 22.4. The summed E-state index contributed by atoms with van der Waals surface area (Å²) in [5, 5.41) is 14.3. The Hall–Kier alpha value is -3.33. The van der Waals surface area contributed by atoms with Crippen molar-refractivity contribution >= 4 is 29.3 Å². The van der Waals surface area contributed by atoms with E-state index < -0.39 is 0 Å². The number of benzene rings is 2. The van der Waals surface area contributed by atoms with E-state index in [9.17, 15) is 9.59 Å². The first-order valence-corrected chi connectivity index (χ1v) is 10.9. The van der Waals surface area contributed by atoms with Crippen LogP contribution in [0.15, 0.2) is 53.7 Å². The molecule has 4 N–H and O–H groups in total. The third kappa shape index (κ3) is 5.85. The zero-order valence-electron chi connectivity index (χ0n) is 17.8. The van der Waals surface area contributed by atoms with Crippen molar-refractivity contribution in [2.24, 2.45) is 5.92 Å². The van der Waals surface area contributed by atoms with Gasteiger partial charge in [-0.1, -0.05) is 67.6 Å². The highest BCUT2D eigenvalue weighted by Gasteiger charge is 2.16. The summed E-state index contributed by atoms with van der Waals surface area (Å²) >= 11 is 1.17. The molecule has 0 spiro atoms. The smallest absolute Gasteiger partial charge is 0.253 e. The van der Waals surface area contributed by atoms with Gasteiger partial charge in [0.05, 0.1) is 17.0 Å². The van der Waals surface area contributed by atoms with Crippen molar-refractivity contribution in [1.29, 1.82) is 0 Å². The number of nitrogen functional groups attached to an aromatic ring is 1. The first-order valence-electron chi connectivity index (χ1n) is 9.92. The summed E-state index contributed by atoms with van der Waals surface area (Å²) in [7, 11) is 0. The zero-order valence-corrected chi connectivity index (χ0v) is 18.6. The zero-order chi connectivity index (χ0) is 22.4. The molecule has 0 atom stereocenters. The number of rotatable bonds is 8. The van der Waals surface area contributed by atoms with E-state index in [1.807, 2.05) is 45.0 Å².